The third kappa shape index (κ3) is 4.03. The zero-order valence-corrected chi connectivity index (χ0v) is 10.9. The minimum atomic E-state index is -4.92. The van der Waals surface area contributed by atoms with Gasteiger partial charge in [-0.25, -0.2) is 13.8 Å². The van der Waals surface area contributed by atoms with Crippen molar-refractivity contribution < 1.29 is 31.5 Å². The fraction of sp³-hybridized carbons (Fsp3) is 0.455. The van der Waals surface area contributed by atoms with Crippen LogP contribution in [-0.4, -0.2) is 17.6 Å². The summed E-state index contributed by atoms with van der Waals surface area (Å²) >= 11 is 5.28. The molecule has 0 aliphatic rings. The van der Waals surface area contributed by atoms with Crippen molar-refractivity contribution in [3.05, 3.63) is 28.0 Å². The highest BCUT2D eigenvalue weighted by molar-refractivity contribution is 6.32. The molecule has 112 valence electrons. The summed E-state index contributed by atoms with van der Waals surface area (Å²) in [5.74, 6) is -0.865. The van der Waals surface area contributed by atoms with Gasteiger partial charge in [0.25, 0.3) is 6.43 Å². The van der Waals surface area contributed by atoms with Crippen LogP contribution in [0.5, 0.6) is 0 Å². The smallest absolute Gasteiger partial charge is 0.417 e. The van der Waals surface area contributed by atoms with E-state index in [-0.39, 0.29) is 6.61 Å². The van der Waals surface area contributed by atoms with E-state index in [9.17, 15) is 26.7 Å². The van der Waals surface area contributed by atoms with Crippen molar-refractivity contribution in [1.82, 2.24) is 4.98 Å². The lowest BCUT2D eigenvalue weighted by atomic mass is 10.1. The summed E-state index contributed by atoms with van der Waals surface area (Å²) in [5, 5.41) is -1.17. The molecule has 0 saturated carbocycles. The van der Waals surface area contributed by atoms with Gasteiger partial charge in [0.2, 0.25) is 0 Å². The van der Waals surface area contributed by atoms with Crippen molar-refractivity contribution in [2.75, 3.05) is 6.61 Å². The van der Waals surface area contributed by atoms with Crippen molar-refractivity contribution in [2.24, 2.45) is 0 Å². The molecule has 0 N–H and O–H groups in total. The van der Waals surface area contributed by atoms with Crippen molar-refractivity contribution in [1.29, 1.82) is 0 Å². The van der Waals surface area contributed by atoms with Gasteiger partial charge in [0.15, 0.2) is 0 Å². The van der Waals surface area contributed by atoms with E-state index in [1.165, 1.54) is 6.92 Å². The molecule has 1 aromatic rings. The molecule has 0 saturated heterocycles. The average Bonchev–Trinajstić information content (AvgIpc) is 2.29. The lowest BCUT2D eigenvalue weighted by molar-refractivity contribution is -0.143. The molecule has 0 aromatic carbocycles. The van der Waals surface area contributed by atoms with Gasteiger partial charge in [-0.15, -0.1) is 0 Å². The van der Waals surface area contributed by atoms with Crippen LogP contribution in [0.1, 0.15) is 30.3 Å². The molecule has 0 spiro atoms. The van der Waals surface area contributed by atoms with Gasteiger partial charge in [-0.3, -0.25) is 4.79 Å². The highest BCUT2D eigenvalue weighted by Gasteiger charge is 2.36. The van der Waals surface area contributed by atoms with E-state index in [2.05, 4.69) is 9.72 Å². The Morgan fingerprint density at radius 1 is 1.45 bits per heavy atom. The number of halogens is 6. The topological polar surface area (TPSA) is 39.2 Å². The Labute approximate surface area is 115 Å². The normalized spacial score (nSPS) is 11.8. The lowest BCUT2D eigenvalue weighted by Crippen LogP contribution is -2.14. The molecule has 20 heavy (non-hydrogen) atoms. The van der Waals surface area contributed by atoms with E-state index in [0.29, 0.717) is 6.07 Å². The number of aromatic nitrogens is 1. The summed E-state index contributed by atoms with van der Waals surface area (Å²) in [4.78, 5) is 14.5. The number of hydrogen-bond donors (Lipinski definition) is 0. The largest absolute Gasteiger partial charge is 0.466 e. The van der Waals surface area contributed by atoms with Gasteiger partial charge in [-0.1, -0.05) is 11.6 Å². The molecule has 9 heteroatoms. The number of carbonyl (C=O) groups is 1. The zero-order valence-electron chi connectivity index (χ0n) is 10.1. The number of alkyl halides is 5. The van der Waals surface area contributed by atoms with Crippen molar-refractivity contribution >= 4 is 17.6 Å². The molecule has 1 aromatic heterocycles. The molecule has 3 nitrogen and oxygen atoms in total. The average molecular weight is 318 g/mol. The summed E-state index contributed by atoms with van der Waals surface area (Å²) < 4.78 is 67.8. The van der Waals surface area contributed by atoms with Crippen LogP contribution in [0.15, 0.2) is 6.07 Å². The third-order valence-electron chi connectivity index (χ3n) is 2.18. The van der Waals surface area contributed by atoms with E-state index in [1.807, 2.05) is 0 Å². The molecule has 1 heterocycles. The monoisotopic (exact) mass is 317 g/mol. The zero-order chi connectivity index (χ0) is 15.5. The first-order chi connectivity index (χ1) is 9.16. The van der Waals surface area contributed by atoms with Crippen LogP contribution >= 0.6 is 11.6 Å². The second-order valence-electron chi connectivity index (χ2n) is 3.64. The third-order valence-corrected chi connectivity index (χ3v) is 2.58. The van der Waals surface area contributed by atoms with Crippen LogP contribution in [0.2, 0.25) is 5.02 Å². The van der Waals surface area contributed by atoms with Crippen molar-refractivity contribution in [3.63, 3.8) is 0 Å². The van der Waals surface area contributed by atoms with Gasteiger partial charge in [-0.2, -0.15) is 13.2 Å². The van der Waals surface area contributed by atoms with Gasteiger partial charge in [0.05, 0.1) is 29.3 Å². The predicted octanol–water partition coefficient (Wildman–Crippen LogP) is 3.80. The van der Waals surface area contributed by atoms with Crippen molar-refractivity contribution in [3.8, 4) is 0 Å². The van der Waals surface area contributed by atoms with E-state index < -0.39 is 47.0 Å². The molecule has 0 bridgehead atoms. The van der Waals surface area contributed by atoms with Crippen LogP contribution in [0.4, 0.5) is 22.0 Å². The van der Waals surface area contributed by atoms with Gasteiger partial charge in [-0.05, 0) is 13.0 Å². The van der Waals surface area contributed by atoms with E-state index in [0.717, 1.165) is 0 Å². The van der Waals surface area contributed by atoms with Crippen molar-refractivity contribution in [2.45, 2.75) is 25.9 Å². The second kappa shape index (κ2) is 6.34. The van der Waals surface area contributed by atoms with Gasteiger partial charge < -0.3 is 4.74 Å². The Bertz CT molecular complexity index is 504. The Kier molecular flexibility index (Phi) is 5.27. The van der Waals surface area contributed by atoms with Gasteiger partial charge in [0.1, 0.15) is 5.69 Å². The first-order valence-corrected chi connectivity index (χ1v) is 5.74. The van der Waals surface area contributed by atoms with Crippen LogP contribution in [0.25, 0.3) is 0 Å². The molecule has 0 atom stereocenters. The molecule has 0 amide bonds. The lowest BCUT2D eigenvalue weighted by Gasteiger charge is -2.13. The van der Waals surface area contributed by atoms with Crippen LogP contribution in [0.3, 0.4) is 0 Å². The number of rotatable bonds is 4. The first-order valence-electron chi connectivity index (χ1n) is 5.37. The number of hydrogen-bond acceptors (Lipinski definition) is 3. The molecule has 0 radical (unpaired) electrons. The summed E-state index contributed by atoms with van der Waals surface area (Å²) in [5.41, 5.74) is -3.14. The maximum atomic E-state index is 12.7. The van der Waals surface area contributed by atoms with Gasteiger partial charge in [0, 0.05) is 0 Å². The highest BCUT2D eigenvalue weighted by atomic mass is 35.5. The number of pyridine rings is 1. The maximum Gasteiger partial charge on any atom is 0.417 e. The molecule has 1 rings (SSSR count). The van der Waals surface area contributed by atoms with E-state index >= 15 is 0 Å². The summed E-state index contributed by atoms with van der Waals surface area (Å²) in [6, 6.07) is 0.463. The highest BCUT2D eigenvalue weighted by Crippen LogP contribution is 2.38. The minimum Gasteiger partial charge on any atom is -0.466 e. The second-order valence-corrected chi connectivity index (χ2v) is 4.02. The van der Waals surface area contributed by atoms with Crippen LogP contribution < -0.4 is 0 Å². The Morgan fingerprint density at radius 2 is 2.05 bits per heavy atom. The Balaban J connectivity index is 3.26. The fourth-order valence-electron chi connectivity index (χ4n) is 1.41. The summed E-state index contributed by atoms with van der Waals surface area (Å²) in [6.07, 6.45) is -8.85. The number of carbonyl (C=O) groups excluding carboxylic acids is 1. The summed E-state index contributed by atoms with van der Waals surface area (Å²) in [6.45, 7) is 1.51. The Hall–Kier alpha value is -1.44. The fourth-order valence-corrected chi connectivity index (χ4v) is 1.69. The van der Waals surface area contributed by atoms with Crippen LogP contribution in [-0.2, 0) is 22.1 Å². The molecular weight excluding hydrogens is 309 g/mol. The van der Waals surface area contributed by atoms with E-state index in [4.69, 9.17) is 11.6 Å². The standard InChI is InChI=1S/C11H9ClF5NO2/c1-2-20-7(19)4-5-3-6(11(15,16)17)8(12)9(18-5)10(13)14/h3,10H,2,4H2,1H3. The maximum absolute atomic E-state index is 12.7. The van der Waals surface area contributed by atoms with Crippen LogP contribution in [0, 0.1) is 0 Å². The number of ether oxygens (including phenoxy) is 1. The molecule has 0 aliphatic carbocycles. The Morgan fingerprint density at radius 3 is 2.50 bits per heavy atom. The number of esters is 1. The molecule has 0 unspecified atom stereocenters. The molecule has 0 aliphatic heterocycles. The summed E-state index contributed by atoms with van der Waals surface area (Å²) in [7, 11) is 0. The molecular formula is C11H9ClF5NO2. The first kappa shape index (κ1) is 16.6. The predicted molar refractivity (Wildman–Crippen MR) is 59.5 cm³/mol. The quantitative estimate of drug-likeness (QED) is 0.626. The molecule has 0 fully saturated rings. The van der Waals surface area contributed by atoms with Gasteiger partial charge >= 0.3 is 12.1 Å². The minimum absolute atomic E-state index is 0.0141. The SMILES string of the molecule is CCOC(=O)Cc1cc(C(F)(F)F)c(Cl)c(C(F)F)n1. The van der Waals surface area contributed by atoms with E-state index in [1.54, 1.807) is 0 Å². The number of nitrogens with zero attached hydrogens (tertiary/aromatic N) is 1.